The molecule has 0 aliphatic carbocycles. The topological polar surface area (TPSA) is 43.3 Å². The van der Waals surface area contributed by atoms with E-state index in [9.17, 15) is 13.2 Å². The quantitative estimate of drug-likeness (QED) is 0.880. The van der Waals surface area contributed by atoms with Crippen molar-refractivity contribution >= 4 is 21.8 Å². The van der Waals surface area contributed by atoms with Crippen molar-refractivity contribution in [1.82, 2.24) is 4.57 Å². The van der Waals surface area contributed by atoms with E-state index in [-0.39, 0.29) is 17.9 Å². The molecule has 2 N–H and O–H groups in total. The molecule has 110 valence electrons. The number of fused-ring (bicyclic) bond motifs is 1. The van der Waals surface area contributed by atoms with Crippen molar-refractivity contribution in [1.29, 1.82) is 0 Å². The highest BCUT2D eigenvalue weighted by atomic mass is 79.9. The second-order valence-corrected chi connectivity index (χ2v) is 5.78. The van der Waals surface area contributed by atoms with E-state index in [2.05, 4.69) is 20.9 Å². The number of amidine groups is 1. The minimum absolute atomic E-state index is 0.0223. The molecule has 3 rings (SSSR count). The summed E-state index contributed by atoms with van der Waals surface area (Å²) in [6.07, 6.45) is -1.26. The molecule has 1 aromatic carbocycles. The number of benzene rings is 1. The van der Waals surface area contributed by atoms with Crippen LogP contribution in [-0.4, -0.2) is 16.8 Å². The minimum atomic E-state index is -2.89. The Labute approximate surface area is 127 Å². The standard InChI is InChI=1S/C14H11BrF3N3/c15-8-3-4-10(16)9(6-8)14(13(17)18)7-21-5-1-2-11(21)12(19)20-14/h1-6,13H,7H2,(H2,19,20). The number of nitrogens with two attached hydrogens (primary N) is 1. The van der Waals surface area contributed by atoms with Crippen molar-refractivity contribution in [2.45, 2.75) is 18.5 Å². The maximum atomic E-state index is 14.1. The fourth-order valence-electron chi connectivity index (χ4n) is 2.56. The Morgan fingerprint density at radius 2 is 2.10 bits per heavy atom. The van der Waals surface area contributed by atoms with Crippen molar-refractivity contribution in [3.63, 3.8) is 0 Å². The Balaban J connectivity index is 2.23. The fourth-order valence-corrected chi connectivity index (χ4v) is 2.92. The molecule has 7 heteroatoms. The first-order chi connectivity index (χ1) is 9.94. The summed E-state index contributed by atoms with van der Waals surface area (Å²) < 4.78 is 43.8. The van der Waals surface area contributed by atoms with Crippen LogP contribution in [0.4, 0.5) is 13.2 Å². The monoisotopic (exact) mass is 357 g/mol. The predicted molar refractivity (Wildman–Crippen MR) is 76.9 cm³/mol. The van der Waals surface area contributed by atoms with Crippen LogP contribution in [-0.2, 0) is 12.1 Å². The van der Waals surface area contributed by atoms with Crippen LogP contribution in [0.1, 0.15) is 11.3 Å². The van der Waals surface area contributed by atoms with Crippen molar-refractivity contribution in [3.05, 3.63) is 58.1 Å². The zero-order chi connectivity index (χ0) is 15.2. The fraction of sp³-hybridized carbons (Fsp3) is 0.214. The Hall–Kier alpha value is -1.76. The molecule has 1 unspecified atom stereocenters. The highest BCUT2D eigenvalue weighted by Crippen LogP contribution is 2.40. The predicted octanol–water partition coefficient (Wildman–Crippen LogP) is 3.27. The first kappa shape index (κ1) is 14.2. The van der Waals surface area contributed by atoms with Gasteiger partial charge < -0.3 is 10.3 Å². The normalized spacial score (nSPS) is 21.3. The summed E-state index contributed by atoms with van der Waals surface area (Å²) in [6, 6.07) is 7.30. The zero-order valence-electron chi connectivity index (χ0n) is 10.7. The molecule has 0 amide bonds. The summed E-state index contributed by atoms with van der Waals surface area (Å²) in [5.74, 6) is -0.753. The number of halogens is 4. The van der Waals surface area contributed by atoms with E-state index in [0.717, 1.165) is 6.07 Å². The molecule has 1 aliphatic heterocycles. The molecule has 0 bridgehead atoms. The maximum Gasteiger partial charge on any atom is 0.269 e. The van der Waals surface area contributed by atoms with E-state index in [0.29, 0.717) is 10.2 Å². The Morgan fingerprint density at radius 3 is 2.81 bits per heavy atom. The summed E-state index contributed by atoms with van der Waals surface area (Å²) in [7, 11) is 0. The second-order valence-electron chi connectivity index (χ2n) is 4.87. The maximum absolute atomic E-state index is 14.1. The molecular weight excluding hydrogens is 347 g/mol. The molecule has 3 nitrogen and oxygen atoms in total. The van der Waals surface area contributed by atoms with E-state index >= 15 is 0 Å². The number of hydrogen-bond donors (Lipinski definition) is 1. The van der Waals surface area contributed by atoms with Gasteiger partial charge in [0, 0.05) is 16.2 Å². The molecule has 1 aliphatic rings. The van der Waals surface area contributed by atoms with Crippen LogP contribution in [0.15, 0.2) is 46.0 Å². The Kier molecular flexibility index (Phi) is 3.32. The Morgan fingerprint density at radius 1 is 1.33 bits per heavy atom. The molecule has 1 aromatic heterocycles. The van der Waals surface area contributed by atoms with Gasteiger partial charge in [-0.25, -0.2) is 18.2 Å². The molecule has 0 radical (unpaired) electrons. The molecule has 0 saturated carbocycles. The molecule has 0 spiro atoms. The number of alkyl halides is 2. The third-order valence-electron chi connectivity index (χ3n) is 3.58. The van der Waals surface area contributed by atoms with Gasteiger partial charge in [-0.1, -0.05) is 15.9 Å². The van der Waals surface area contributed by atoms with Gasteiger partial charge in [0.15, 0.2) is 5.54 Å². The lowest BCUT2D eigenvalue weighted by Gasteiger charge is -2.34. The van der Waals surface area contributed by atoms with Crippen LogP contribution in [0.5, 0.6) is 0 Å². The number of nitrogens with zero attached hydrogens (tertiary/aromatic N) is 2. The summed E-state index contributed by atoms with van der Waals surface area (Å²) in [6.45, 7) is -0.166. The second kappa shape index (κ2) is 4.91. The van der Waals surface area contributed by atoms with Gasteiger partial charge in [-0.15, -0.1) is 0 Å². The van der Waals surface area contributed by atoms with Crippen LogP contribution < -0.4 is 5.73 Å². The number of aliphatic imine (C=N–C) groups is 1. The third-order valence-corrected chi connectivity index (χ3v) is 4.07. The minimum Gasteiger partial charge on any atom is -0.382 e. The average Bonchev–Trinajstić information content (AvgIpc) is 2.89. The lowest BCUT2D eigenvalue weighted by Crippen LogP contribution is -2.44. The number of rotatable bonds is 2. The van der Waals surface area contributed by atoms with Gasteiger partial charge in [0.1, 0.15) is 11.7 Å². The SMILES string of the molecule is NC1=NC(c2cc(Br)ccc2F)(C(F)F)Cn2cccc21. The highest BCUT2D eigenvalue weighted by Gasteiger charge is 2.46. The van der Waals surface area contributed by atoms with E-state index in [1.54, 1.807) is 22.9 Å². The molecule has 0 fully saturated rings. The van der Waals surface area contributed by atoms with Gasteiger partial charge in [0.25, 0.3) is 6.43 Å². The van der Waals surface area contributed by atoms with Crippen LogP contribution in [0.2, 0.25) is 0 Å². The Bertz CT molecular complexity index is 726. The van der Waals surface area contributed by atoms with Crippen molar-refractivity contribution in [2.75, 3.05) is 0 Å². The van der Waals surface area contributed by atoms with Gasteiger partial charge in [0.05, 0.1) is 12.2 Å². The van der Waals surface area contributed by atoms with E-state index in [4.69, 9.17) is 5.73 Å². The molecule has 2 heterocycles. The van der Waals surface area contributed by atoms with E-state index < -0.39 is 17.8 Å². The smallest absolute Gasteiger partial charge is 0.269 e. The summed E-state index contributed by atoms with van der Waals surface area (Å²) in [4.78, 5) is 3.96. The number of aromatic nitrogens is 1. The molecule has 2 aromatic rings. The van der Waals surface area contributed by atoms with E-state index in [1.165, 1.54) is 12.1 Å². The first-order valence-corrected chi connectivity index (χ1v) is 6.98. The van der Waals surface area contributed by atoms with Crippen molar-refractivity contribution in [2.24, 2.45) is 10.7 Å². The zero-order valence-corrected chi connectivity index (χ0v) is 12.3. The van der Waals surface area contributed by atoms with Gasteiger partial charge in [0.2, 0.25) is 0 Å². The van der Waals surface area contributed by atoms with Crippen molar-refractivity contribution in [3.8, 4) is 0 Å². The van der Waals surface area contributed by atoms with Gasteiger partial charge in [-0.05, 0) is 30.3 Å². The van der Waals surface area contributed by atoms with Crippen LogP contribution in [0.25, 0.3) is 0 Å². The molecule has 1 atom stereocenters. The summed E-state index contributed by atoms with van der Waals surface area (Å²) in [5.41, 5.74) is 4.15. The van der Waals surface area contributed by atoms with Crippen LogP contribution in [0, 0.1) is 5.82 Å². The van der Waals surface area contributed by atoms with E-state index in [1.807, 2.05) is 0 Å². The van der Waals surface area contributed by atoms with Gasteiger partial charge >= 0.3 is 0 Å². The lowest BCUT2D eigenvalue weighted by atomic mass is 9.88. The first-order valence-electron chi connectivity index (χ1n) is 6.18. The summed E-state index contributed by atoms with van der Waals surface area (Å²) >= 11 is 3.18. The van der Waals surface area contributed by atoms with Crippen molar-refractivity contribution < 1.29 is 13.2 Å². The highest BCUT2D eigenvalue weighted by molar-refractivity contribution is 9.10. The van der Waals surface area contributed by atoms with Gasteiger partial charge in [-0.3, -0.25) is 0 Å². The lowest BCUT2D eigenvalue weighted by molar-refractivity contribution is 0.0387. The van der Waals surface area contributed by atoms with Gasteiger partial charge in [-0.2, -0.15) is 0 Å². The molecule has 0 saturated heterocycles. The third kappa shape index (κ3) is 2.16. The van der Waals surface area contributed by atoms with Crippen LogP contribution in [0.3, 0.4) is 0 Å². The average molecular weight is 358 g/mol. The molecular formula is C14H11BrF3N3. The van der Waals surface area contributed by atoms with Crippen LogP contribution >= 0.6 is 15.9 Å². The molecule has 21 heavy (non-hydrogen) atoms. The summed E-state index contributed by atoms with van der Waals surface area (Å²) in [5, 5.41) is 0. The number of hydrogen-bond acceptors (Lipinski definition) is 2. The largest absolute Gasteiger partial charge is 0.382 e.